The fourth-order valence-electron chi connectivity index (χ4n) is 3.63. The van der Waals surface area contributed by atoms with Gasteiger partial charge in [-0.1, -0.05) is 6.07 Å². The van der Waals surface area contributed by atoms with Crippen molar-refractivity contribution in [3.05, 3.63) is 39.0 Å². The van der Waals surface area contributed by atoms with Gasteiger partial charge in [-0.25, -0.2) is 9.59 Å². The Morgan fingerprint density at radius 1 is 1.16 bits per heavy atom. The highest BCUT2D eigenvalue weighted by Crippen LogP contribution is 2.37. The molecule has 0 bridgehead atoms. The van der Waals surface area contributed by atoms with Gasteiger partial charge in [0.1, 0.15) is 16.7 Å². The molecule has 3 heterocycles. The smallest absolute Gasteiger partial charge is 0.415 e. The first kappa shape index (κ1) is 28.8. The molecular weight excluding hydrogens is 512 g/mol. The molecule has 0 fully saturated rings. The number of rotatable bonds is 8. The van der Waals surface area contributed by atoms with Crippen LogP contribution < -0.4 is 10.2 Å². The zero-order chi connectivity index (χ0) is 27.4. The number of hydrogen-bond acceptors (Lipinski definition) is 9. The fraction of sp³-hybridized carbons (Fsp3) is 0.538. The number of carbonyl (C=O) groups is 2. The summed E-state index contributed by atoms with van der Waals surface area (Å²) in [4.78, 5) is 29.3. The van der Waals surface area contributed by atoms with Gasteiger partial charge >= 0.3 is 12.2 Å². The fourth-order valence-corrected chi connectivity index (χ4v) is 5.67. The molecule has 2 N–H and O–H groups in total. The minimum Gasteiger partial charge on any atom is -0.444 e. The largest absolute Gasteiger partial charge is 0.444 e. The molecule has 1 atom stereocenters. The van der Waals surface area contributed by atoms with Crippen LogP contribution in [-0.4, -0.2) is 51.3 Å². The molecule has 0 spiro atoms. The van der Waals surface area contributed by atoms with Crippen molar-refractivity contribution in [1.29, 1.82) is 0 Å². The lowest BCUT2D eigenvalue weighted by molar-refractivity contribution is 0.0495. The number of nitrogens with zero attached hydrogens (tertiary/aromatic N) is 3. The third-order valence-corrected chi connectivity index (χ3v) is 7.40. The summed E-state index contributed by atoms with van der Waals surface area (Å²) in [5.41, 5.74) is 0.942. The van der Waals surface area contributed by atoms with Crippen LogP contribution in [0.1, 0.15) is 63.3 Å². The lowest BCUT2D eigenvalue weighted by atomic mass is 10.1. The number of amides is 2. The van der Waals surface area contributed by atoms with E-state index in [9.17, 15) is 14.7 Å². The lowest BCUT2D eigenvalue weighted by Gasteiger charge is -2.27. The van der Waals surface area contributed by atoms with Crippen molar-refractivity contribution >= 4 is 50.8 Å². The zero-order valence-corrected chi connectivity index (χ0v) is 24.1. The molecule has 1 unspecified atom stereocenters. The quantitative estimate of drug-likeness (QED) is 0.364. The maximum Gasteiger partial charge on any atom is 0.415 e. The predicted octanol–water partition coefficient (Wildman–Crippen LogP) is 5.82. The summed E-state index contributed by atoms with van der Waals surface area (Å²) in [6.07, 6.45) is 1.44. The minimum atomic E-state index is -0.661. The van der Waals surface area contributed by atoms with Crippen LogP contribution in [-0.2, 0) is 22.4 Å². The van der Waals surface area contributed by atoms with Crippen molar-refractivity contribution in [2.45, 2.75) is 85.1 Å². The van der Waals surface area contributed by atoms with Crippen LogP contribution in [0.25, 0.3) is 10.2 Å². The third-order valence-electron chi connectivity index (χ3n) is 5.21. The normalized spacial score (nSPS) is 12.9. The molecule has 0 radical (unpaired) electrons. The van der Waals surface area contributed by atoms with Crippen molar-refractivity contribution in [1.82, 2.24) is 15.5 Å². The summed E-state index contributed by atoms with van der Waals surface area (Å²) in [6, 6.07) is 3.58. The number of thiophene rings is 2. The monoisotopic (exact) mass is 548 g/mol. The standard InChI is InChI=1S/C26H36N4O5S2/c1-16-20(13-17(10-11-31)28-23(32)34-25(2,3)4)37-22-19(14-27-29-21(16)22)30(15-18-9-8-12-36-18)24(33)35-26(5,6)7/h8-9,12,14,17,31H,10-11,13,15H2,1-7H3,(H,28,32). The first-order valence-corrected chi connectivity index (χ1v) is 13.8. The van der Waals surface area contributed by atoms with Crippen LogP contribution in [0.4, 0.5) is 15.3 Å². The number of ether oxygens (including phenoxy) is 2. The molecule has 9 nitrogen and oxygen atoms in total. The number of aromatic nitrogens is 2. The van der Waals surface area contributed by atoms with E-state index in [1.807, 2.05) is 45.2 Å². The number of aryl methyl sites for hydroxylation is 1. The van der Waals surface area contributed by atoms with Crippen molar-refractivity contribution in [2.75, 3.05) is 11.5 Å². The average Bonchev–Trinajstić information content (AvgIpc) is 3.38. The van der Waals surface area contributed by atoms with Gasteiger partial charge in [-0.2, -0.15) is 5.10 Å². The van der Waals surface area contributed by atoms with Crippen LogP contribution in [0.2, 0.25) is 0 Å². The van der Waals surface area contributed by atoms with E-state index in [0.717, 1.165) is 20.0 Å². The van der Waals surface area contributed by atoms with Gasteiger partial charge < -0.3 is 19.9 Å². The molecular formula is C26H36N4O5S2. The van der Waals surface area contributed by atoms with Gasteiger partial charge in [0.05, 0.1) is 23.1 Å². The van der Waals surface area contributed by atoms with Gasteiger partial charge in [0.15, 0.2) is 0 Å². The lowest BCUT2D eigenvalue weighted by Crippen LogP contribution is -2.40. The van der Waals surface area contributed by atoms with Crippen LogP contribution in [0.15, 0.2) is 23.7 Å². The van der Waals surface area contributed by atoms with E-state index in [2.05, 4.69) is 15.5 Å². The minimum absolute atomic E-state index is 0.0807. The molecule has 37 heavy (non-hydrogen) atoms. The maximum atomic E-state index is 13.3. The Morgan fingerprint density at radius 2 is 1.86 bits per heavy atom. The number of aliphatic hydroxyl groups is 1. The number of nitrogens with one attached hydrogen (secondary N) is 1. The molecule has 0 aliphatic rings. The van der Waals surface area contributed by atoms with Crippen LogP contribution in [0.5, 0.6) is 0 Å². The summed E-state index contributed by atoms with van der Waals surface area (Å²) in [5.74, 6) is 0. The topological polar surface area (TPSA) is 114 Å². The molecule has 0 aliphatic carbocycles. The van der Waals surface area contributed by atoms with Crippen LogP contribution >= 0.6 is 22.7 Å². The van der Waals surface area contributed by atoms with E-state index in [-0.39, 0.29) is 12.6 Å². The Bertz CT molecular complexity index is 1210. The van der Waals surface area contributed by atoms with Crippen molar-refractivity contribution in [2.24, 2.45) is 0 Å². The van der Waals surface area contributed by atoms with Crippen molar-refractivity contribution in [3.63, 3.8) is 0 Å². The molecule has 11 heteroatoms. The van der Waals surface area contributed by atoms with E-state index in [1.54, 1.807) is 43.2 Å². The Balaban J connectivity index is 1.96. The Labute approximate surface area is 225 Å². The Morgan fingerprint density at radius 3 is 2.46 bits per heavy atom. The molecule has 202 valence electrons. The number of aliphatic hydroxyl groups excluding tert-OH is 1. The molecule has 3 aromatic heterocycles. The SMILES string of the molecule is Cc1c(CC(CCO)NC(=O)OC(C)(C)C)sc2c(N(Cc3cccs3)C(=O)OC(C)(C)C)cnnc12. The van der Waals surface area contributed by atoms with E-state index in [1.165, 1.54) is 11.3 Å². The number of carbonyl (C=O) groups excluding carboxylic acids is 2. The summed E-state index contributed by atoms with van der Waals surface area (Å²) < 4.78 is 11.9. The zero-order valence-electron chi connectivity index (χ0n) is 22.5. The Kier molecular flexibility index (Phi) is 9.14. The third kappa shape index (κ3) is 8.11. The van der Waals surface area contributed by atoms with Gasteiger partial charge in [-0.15, -0.1) is 27.8 Å². The molecule has 0 saturated carbocycles. The predicted molar refractivity (Wildman–Crippen MR) is 147 cm³/mol. The van der Waals surface area contributed by atoms with Gasteiger partial charge in [0, 0.05) is 28.8 Å². The van der Waals surface area contributed by atoms with Gasteiger partial charge in [-0.3, -0.25) is 4.90 Å². The average molecular weight is 549 g/mol. The highest BCUT2D eigenvalue weighted by Gasteiger charge is 2.28. The number of fused-ring (bicyclic) bond motifs is 1. The summed E-state index contributed by atoms with van der Waals surface area (Å²) >= 11 is 3.06. The Hall–Kier alpha value is -2.76. The molecule has 0 saturated heterocycles. The second kappa shape index (κ2) is 11.7. The van der Waals surface area contributed by atoms with Crippen LogP contribution in [0, 0.1) is 6.92 Å². The number of hydrogen-bond donors (Lipinski definition) is 2. The number of alkyl carbamates (subject to hydrolysis) is 1. The van der Waals surface area contributed by atoms with Gasteiger partial charge in [0.25, 0.3) is 0 Å². The summed E-state index contributed by atoms with van der Waals surface area (Å²) in [6.45, 7) is 13.1. The molecule has 3 aromatic rings. The maximum absolute atomic E-state index is 13.3. The number of anilines is 1. The highest BCUT2D eigenvalue weighted by atomic mass is 32.1. The first-order valence-electron chi connectivity index (χ1n) is 12.1. The van der Waals surface area contributed by atoms with Crippen LogP contribution in [0.3, 0.4) is 0 Å². The van der Waals surface area contributed by atoms with Crippen molar-refractivity contribution in [3.8, 4) is 0 Å². The first-order chi connectivity index (χ1) is 17.3. The second-order valence-corrected chi connectivity index (χ2v) is 12.9. The van der Waals surface area contributed by atoms with Gasteiger partial charge in [-0.05, 0) is 71.9 Å². The molecule has 0 aliphatic heterocycles. The van der Waals surface area contributed by atoms with Gasteiger partial charge in [0.2, 0.25) is 0 Å². The van der Waals surface area contributed by atoms with Crippen molar-refractivity contribution < 1.29 is 24.2 Å². The van der Waals surface area contributed by atoms with E-state index in [0.29, 0.717) is 30.6 Å². The summed E-state index contributed by atoms with van der Waals surface area (Å²) in [5, 5.41) is 23.0. The van der Waals surface area contributed by atoms with E-state index >= 15 is 0 Å². The molecule has 2 amide bonds. The van der Waals surface area contributed by atoms with E-state index < -0.39 is 23.4 Å². The highest BCUT2D eigenvalue weighted by molar-refractivity contribution is 7.19. The summed E-state index contributed by atoms with van der Waals surface area (Å²) in [7, 11) is 0. The molecule has 3 rings (SSSR count). The van der Waals surface area contributed by atoms with E-state index in [4.69, 9.17) is 9.47 Å². The second-order valence-electron chi connectivity index (χ2n) is 10.8. The molecule has 0 aromatic carbocycles.